The highest BCUT2D eigenvalue weighted by atomic mass is 35.5. The summed E-state index contributed by atoms with van der Waals surface area (Å²) in [5.41, 5.74) is 1.74. The van der Waals surface area contributed by atoms with Crippen molar-refractivity contribution in [1.82, 2.24) is 10.2 Å². The summed E-state index contributed by atoms with van der Waals surface area (Å²) in [7, 11) is 0. The van der Waals surface area contributed by atoms with Crippen molar-refractivity contribution >= 4 is 46.6 Å². The lowest BCUT2D eigenvalue weighted by Crippen LogP contribution is -2.50. The van der Waals surface area contributed by atoms with Crippen molar-refractivity contribution in [2.45, 2.75) is 70.5 Å². The molecule has 1 fully saturated rings. The van der Waals surface area contributed by atoms with Crippen LogP contribution in [-0.4, -0.2) is 28.8 Å². The summed E-state index contributed by atoms with van der Waals surface area (Å²) in [6.07, 6.45) is 6.22. The molecule has 0 heterocycles. The van der Waals surface area contributed by atoms with E-state index in [0.717, 1.165) is 36.8 Å². The number of carbonyl (C=O) groups excluding carboxylic acids is 2. The fourth-order valence-corrected chi connectivity index (χ4v) is 4.62. The normalized spacial score (nSPS) is 15.2. The number of amides is 2. The standard InChI is InChI=1S/C25H29Cl3N2O2/c1-17(25(32)29-20-8-3-2-4-9-20)30(16-18-11-13-22(27)23(28)15-18)24(31)14-12-19-7-5-6-10-21(19)26/h5-7,10-11,13,15,17,20H,2-4,8-9,12,14,16H2,1H3,(H,29,32). The number of nitrogens with one attached hydrogen (secondary N) is 1. The fraction of sp³-hybridized carbons (Fsp3) is 0.440. The highest BCUT2D eigenvalue weighted by Crippen LogP contribution is 2.25. The first kappa shape index (κ1) is 24.9. The van der Waals surface area contributed by atoms with Crippen molar-refractivity contribution in [3.05, 3.63) is 68.7 Å². The molecule has 2 aromatic carbocycles. The Hall–Kier alpha value is -1.75. The third-order valence-electron chi connectivity index (χ3n) is 6.02. The largest absolute Gasteiger partial charge is 0.352 e. The van der Waals surface area contributed by atoms with Gasteiger partial charge >= 0.3 is 0 Å². The van der Waals surface area contributed by atoms with E-state index in [1.54, 1.807) is 24.0 Å². The summed E-state index contributed by atoms with van der Waals surface area (Å²) in [6.45, 7) is 2.06. The van der Waals surface area contributed by atoms with E-state index < -0.39 is 6.04 Å². The first-order valence-corrected chi connectivity index (χ1v) is 12.3. The number of hydrogen-bond acceptors (Lipinski definition) is 2. The maximum Gasteiger partial charge on any atom is 0.242 e. The van der Waals surface area contributed by atoms with Crippen LogP contribution in [0.25, 0.3) is 0 Å². The molecule has 172 valence electrons. The summed E-state index contributed by atoms with van der Waals surface area (Å²) in [6, 6.07) is 12.3. The number of nitrogens with zero attached hydrogens (tertiary/aromatic N) is 1. The average Bonchev–Trinajstić information content (AvgIpc) is 2.79. The SMILES string of the molecule is CC(C(=O)NC1CCCCC1)N(Cc1ccc(Cl)c(Cl)c1)C(=O)CCc1ccccc1Cl. The quantitative estimate of drug-likeness (QED) is 0.458. The van der Waals surface area contributed by atoms with Gasteiger partial charge in [-0.2, -0.15) is 0 Å². The van der Waals surface area contributed by atoms with E-state index in [-0.39, 0.29) is 30.8 Å². The zero-order valence-corrected chi connectivity index (χ0v) is 20.5. The Labute approximate surface area is 205 Å². The maximum absolute atomic E-state index is 13.3. The van der Waals surface area contributed by atoms with Crippen molar-refractivity contribution in [3.63, 3.8) is 0 Å². The molecule has 0 aliphatic heterocycles. The zero-order chi connectivity index (χ0) is 23.1. The number of aryl methyl sites for hydroxylation is 1. The second kappa shape index (κ2) is 11.9. The molecule has 0 aromatic heterocycles. The van der Waals surface area contributed by atoms with E-state index in [4.69, 9.17) is 34.8 Å². The van der Waals surface area contributed by atoms with Crippen LogP contribution >= 0.6 is 34.8 Å². The number of rotatable bonds is 8. The molecule has 3 rings (SSSR count). The lowest BCUT2D eigenvalue weighted by molar-refractivity contribution is -0.141. The molecule has 1 aliphatic rings. The Balaban J connectivity index is 1.74. The fourth-order valence-electron chi connectivity index (χ4n) is 4.07. The predicted molar refractivity (Wildman–Crippen MR) is 131 cm³/mol. The van der Waals surface area contributed by atoms with Gasteiger partial charge < -0.3 is 10.2 Å². The van der Waals surface area contributed by atoms with Gasteiger partial charge in [-0.05, 0) is 55.5 Å². The van der Waals surface area contributed by atoms with Gasteiger partial charge in [0, 0.05) is 24.0 Å². The molecular formula is C25H29Cl3N2O2. The van der Waals surface area contributed by atoms with Gasteiger partial charge in [0.25, 0.3) is 0 Å². The molecule has 4 nitrogen and oxygen atoms in total. The Morgan fingerprint density at radius 2 is 1.72 bits per heavy atom. The molecule has 2 amide bonds. The van der Waals surface area contributed by atoms with Crippen molar-refractivity contribution in [3.8, 4) is 0 Å². The topological polar surface area (TPSA) is 49.4 Å². The van der Waals surface area contributed by atoms with Crippen molar-refractivity contribution in [1.29, 1.82) is 0 Å². The summed E-state index contributed by atoms with van der Waals surface area (Å²) in [5, 5.41) is 4.66. The van der Waals surface area contributed by atoms with Gasteiger partial charge in [-0.3, -0.25) is 9.59 Å². The molecule has 1 unspecified atom stereocenters. The summed E-state index contributed by atoms with van der Waals surface area (Å²) in [4.78, 5) is 27.9. The van der Waals surface area contributed by atoms with Crippen LogP contribution < -0.4 is 5.32 Å². The molecule has 32 heavy (non-hydrogen) atoms. The molecule has 0 radical (unpaired) electrons. The monoisotopic (exact) mass is 494 g/mol. The van der Waals surface area contributed by atoms with E-state index in [0.29, 0.717) is 21.5 Å². The Morgan fingerprint density at radius 1 is 1.00 bits per heavy atom. The van der Waals surface area contributed by atoms with Gasteiger partial charge in [-0.1, -0.05) is 78.3 Å². The van der Waals surface area contributed by atoms with Crippen LogP contribution in [0.2, 0.25) is 15.1 Å². The van der Waals surface area contributed by atoms with Crippen LogP contribution in [0, 0.1) is 0 Å². The minimum atomic E-state index is -0.606. The molecule has 1 aliphatic carbocycles. The minimum absolute atomic E-state index is 0.109. The predicted octanol–water partition coefficient (Wildman–Crippen LogP) is 6.45. The summed E-state index contributed by atoms with van der Waals surface area (Å²) in [5.74, 6) is -0.231. The van der Waals surface area contributed by atoms with Crippen LogP contribution in [-0.2, 0) is 22.6 Å². The second-order valence-corrected chi connectivity index (χ2v) is 9.60. The van der Waals surface area contributed by atoms with Gasteiger partial charge in [0.2, 0.25) is 11.8 Å². The number of benzene rings is 2. The molecule has 1 atom stereocenters. The highest BCUT2D eigenvalue weighted by Gasteiger charge is 2.28. The van der Waals surface area contributed by atoms with Gasteiger partial charge in [-0.25, -0.2) is 0 Å². The van der Waals surface area contributed by atoms with Crippen LogP contribution in [0.3, 0.4) is 0 Å². The van der Waals surface area contributed by atoms with E-state index in [1.807, 2.05) is 30.3 Å². The average molecular weight is 496 g/mol. The molecule has 0 saturated heterocycles. The Bertz CT molecular complexity index is 945. The van der Waals surface area contributed by atoms with Crippen molar-refractivity contribution in [2.24, 2.45) is 0 Å². The Morgan fingerprint density at radius 3 is 2.41 bits per heavy atom. The number of carbonyl (C=O) groups is 2. The number of hydrogen-bond donors (Lipinski definition) is 1. The molecule has 0 bridgehead atoms. The van der Waals surface area contributed by atoms with E-state index in [9.17, 15) is 9.59 Å². The number of halogens is 3. The van der Waals surface area contributed by atoms with Crippen LogP contribution in [0.15, 0.2) is 42.5 Å². The first-order valence-electron chi connectivity index (χ1n) is 11.1. The van der Waals surface area contributed by atoms with Gasteiger partial charge in [0.05, 0.1) is 10.0 Å². The lowest BCUT2D eigenvalue weighted by Gasteiger charge is -2.31. The smallest absolute Gasteiger partial charge is 0.242 e. The van der Waals surface area contributed by atoms with E-state index >= 15 is 0 Å². The highest BCUT2D eigenvalue weighted by molar-refractivity contribution is 6.42. The van der Waals surface area contributed by atoms with Crippen molar-refractivity contribution in [2.75, 3.05) is 0 Å². The minimum Gasteiger partial charge on any atom is -0.352 e. The summed E-state index contributed by atoms with van der Waals surface area (Å²) < 4.78 is 0. The maximum atomic E-state index is 13.3. The molecule has 1 N–H and O–H groups in total. The third-order valence-corrected chi connectivity index (χ3v) is 7.13. The molecule has 7 heteroatoms. The summed E-state index contributed by atoms with van der Waals surface area (Å²) >= 11 is 18.5. The molecule has 1 saturated carbocycles. The van der Waals surface area contributed by atoms with E-state index in [1.165, 1.54) is 6.42 Å². The third kappa shape index (κ3) is 6.87. The van der Waals surface area contributed by atoms with Crippen LogP contribution in [0.1, 0.15) is 56.6 Å². The van der Waals surface area contributed by atoms with Gasteiger partial charge in [0.15, 0.2) is 0 Å². The van der Waals surface area contributed by atoms with E-state index in [2.05, 4.69) is 5.32 Å². The van der Waals surface area contributed by atoms with Gasteiger partial charge in [-0.15, -0.1) is 0 Å². The first-order chi connectivity index (χ1) is 15.3. The molecular weight excluding hydrogens is 467 g/mol. The molecule has 0 spiro atoms. The second-order valence-electron chi connectivity index (χ2n) is 8.38. The van der Waals surface area contributed by atoms with Crippen molar-refractivity contribution < 1.29 is 9.59 Å². The molecule has 2 aromatic rings. The Kier molecular flexibility index (Phi) is 9.27. The van der Waals surface area contributed by atoms with Gasteiger partial charge in [0.1, 0.15) is 6.04 Å². The van der Waals surface area contributed by atoms with Crippen LogP contribution in [0.5, 0.6) is 0 Å². The lowest BCUT2D eigenvalue weighted by atomic mass is 9.95. The zero-order valence-electron chi connectivity index (χ0n) is 18.3. The van der Waals surface area contributed by atoms with Crippen LogP contribution in [0.4, 0.5) is 0 Å².